The molecule has 0 N–H and O–H groups in total. The van der Waals surface area contributed by atoms with E-state index >= 15 is 0 Å². The zero-order valence-corrected chi connectivity index (χ0v) is 14.6. The summed E-state index contributed by atoms with van der Waals surface area (Å²) in [5.41, 5.74) is 4.63. The topological polar surface area (TPSA) is 48.3 Å². The predicted octanol–water partition coefficient (Wildman–Crippen LogP) is 3.87. The van der Waals surface area contributed by atoms with E-state index in [1.165, 1.54) is 6.08 Å². The second kappa shape index (κ2) is 7.77. The van der Waals surface area contributed by atoms with Crippen LogP contribution >= 0.6 is 0 Å². The number of ketones is 1. The van der Waals surface area contributed by atoms with Crippen molar-refractivity contribution in [3.05, 3.63) is 64.5 Å². The van der Waals surface area contributed by atoms with Crippen LogP contribution in [0.25, 0.3) is 6.08 Å². The molecule has 126 valence electrons. The van der Waals surface area contributed by atoms with Crippen LogP contribution in [0.5, 0.6) is 0 Å². The van der Waals surface area contributed by atoms with E-state index in [2.05, 4.69) is 4.57 Å². The van der Waals surface area contributed by atoms with Gasteiger partial charge in [0.15, 0.2) is 6.61 Å². The van der Waals surface area contributed by atoms with Crippen LogP contribution in [0.15, 0.2) is 36.4 Å². The minimum Gasteiger partial charge on any atom is -0.454 e. The first-order chi connectivity index (χ1) is 11.4. The minimum absolute atomic E-state index is 0.181. The Morgan fingerprint density at radius 1 is 1.12 bits per heavy atom. The van der Waals surface area contributed by atoms with Crippen molar-refractivity contribution >= 4 is 17.8 Å². The number of hydrogen-bond acceptors (Lipinski definition) is 3. The molecule has 0 atom stereocenters. The number of esters is 1. The molecule has 2 aromatic rings. The van der Waals surface area contributed by atoms with Crippen molar-refractivity contribution in [3.63, 3.8) is 0 Å². The first kappa shape index (κ1) is 17.7. The highest BCUT2D eigenvalue weighted by Gasteiger charge is 2.16. The third-order valence-corrected chi connectivity index (χ3v) is 4.03. The van der Waals surface area contributed by atoms with Gasteiger partial charge in [-0.15, -0.1) is 0 Å². The standard InChI is InChI=1S/C20H23NO3/c1-5-21-15(3)12-18(16(21)4)19(22)13-24-20(23)11-10-17-8-6-14(2)7-9-17/h6-12H,5,13H2,1-4H3/b11-10+. The summed E-state index contributed by atoms with van der Waals surface area (Å²) in [4.78, 5) is 24.0. The summed E-state index contributed by atoms with van der Waals surface area (Å²) >= 11 is 0. The van der Waals surface area contributed by atoms with Crippen LogP contribution in [0, 0.1) is 20.8 Å². The molecule has 24 heavy (non-hydrogen) atoms. The van der Waals surface area contributed by atoms with E-state index in [1.54, 1.807) is 6.08 Å². The molecule has 0 radical (unpaired) electrons. The molecule has 1 aromatic heterocycles. The molecular formula is C20H23NO3. The molecule has 0 aliphatic carbocycles. The number of benzene rings is 1. The SMILES string of the molecule is CCn1c(C)cc(C(=O)COC(=O)/C=C/c2ccc(C)cc2)c1C. The fourth-order valence-electron chi connectivity index (χ4n) is 2.67. The fourth-order valence-corrected chi connectivity index (χ4v) is 2.67. The van der Waals surface area contributed by atoms with Gasteiger partial charge >= 0.3 is 5.97 Å². The maximum absolute atomic E-state index is 12.2. The van der Waals surface area contributed by atoms with E-state index in [9.17, 15) is 9.59 Å². The Morgan fingerprint density at radius 3 is 2.38 bits per heavy atom. The Labute approximate surface area is 142 Å². The van der Waals surface area contributed by atoms with Crippen LogP contribution in [-0.2, 0) is 16.1 Å². The highest BCUT2D eigenvalue weighted by molar-refractivity contribution is 6.00. The van der Waals surface area contributed by atoms with E-state index in [0.29, 0.717) is 5.56 Å². The Kier molecular flexibility index (Phi) is 5.74. The number of carbonyl (C=O) groups is 2. The van der Waals surface area contributed by atoms with E-state index < -0.39 is 5.97 Å². The normalized spacial score (nSPS) is 11.0. The van der Waals surface area contributed by atoms with Gasteiger partial charge in [0.2, 0.25) is 5.78 Å². The van der Waals surface area contributed by atoms with Crippen LogP contribution in [0.2, 0.25) is 0 Å². The number of hydrogen-bond donors (Lipinski definition) is 0. The molecule has 0 aliphatic rings. The molecule has 0 amide bonds. The summed E-state index contributed by atoms with van der Waals surface area (Å²) in [5, 5.41) is 0. The number of nitrogens with zero attached hydrogens (tertiary/aromatic N) is 1. The monoisotopic (exact) mass is 325 g/mol. The maximum Gasteiger partial charge on any atom is 0.331 e. The molecule has 1 aromatic carbocycles. The highest BCUT2D eigenvalue weighted by atomic mass is 16.5. The quantitative estimate of drug-likeness (QED) is 0.460. The summed E-state index contributed by atoms with van der Waals surface area (Å²) in [7, 11) is 0. The average Bonchev–Trinajstić information content (AvgIpc) is 2.86. The van der Waals surface area contributed by atoms with Gasteiger partial charge in [-0.2, -0.15) is 0 Å². The molecule has 4 nitrogen and oxygen atoms in total. The molecule has 0 bridgehead atoms. The van der Waals surface area contributed by atoms with E-state index in [4.69, 9.17) is 4.74 Å². The van der Waals surface area contributed by atoms with Crippen molar-refractivity contribution in [2.75, 3.05) is 6.61 Å². The summed E-state index contributed by atoms with van der Waals surface area (Å²) in [6, 6.07) is 9.63. The molecular weight excluding hydrogens is 302 g/mol. The lowest BCUT2D eigenvalue weighted by molar-refractivity contribution is -0.136. The van der Waals surface area contributed by atoms with Gasteiger partial charge in [0, 0.05) is 29.6 Å². The van der Waals surface area contributed by atoms with Crippen LogP contribution in [0.4, 0.5) is 0 Å². The van der Waals surface area contributed by atoms with Crippen LogP contribution in [0.1, 0.15) is 39.8 Å². The minimum atomic E-state index is -0.520. The molecule has 4 heteroatoms. The number of aryl methyl sites for hydroxylation is 2. The van der Waals surface area contributed by atoms with Gasteiger partial charge in [-0.1, -0.05) is 29.8 Å². The Bertz CT molecular complexity index is 767. The van der Waals surface area contributed by atoms with E-state index in [-0.39, 0.29) is 12.4 Å². The van der Waals surface area contributed by atoms with Crippen molar-refractivity contribution in [1.29, 1.82) is 0 Å². The van der Waals surface area contributed by atoms with Crippen LogP contribution in [0.3, 0.4) is 0 Å². The van der Waals surface area contributed by atoms with Gasteiger partial charge in [-0.05, 0) is 45.4 Å². The van der Waals surface area contributed by atoms with Crippen molar-refractivity contribution < 1.29 is 14.3 Å². The summed E-state index contributed by atoms with van der Waals surface area (Å²) in [6.45, 7) is 8.47. The van der Waals surface area contributed by atoms with Gasteiger partial charge < -0.3 is 9.30 Å². The predicted molar refractivity (Wildman–Crippen MR) is 95.1 cm³/mol. The average molecular weight is 325 g/mol. The van der Waals surface area contributed by atoms with Gasteiger partial charge in [0.1, 0.15) is 0 Å². The fraction of sp³-hybridized carbons (Fsp3) is 0.300. The molecule has 0 aliphatic heterocycles. The number of aromatic nitrogens is 1. The summed E-state index contributed by atoms with van der Waals surface area (Å²) < 4.78 is 7.12. The third-order valence-electron chi connectivity index (χ3n) is 4.03. The molecule has 0 saturated heterocycles. The Balaban J connectivity index is 1.94. The number of Topliss-reactive ketones (excluding diaryl/α,β-unsaturated/α-hetero) is 1. The first-order valence-electron chi connectivity index (χ1n) is 8.03. The smallest absolute Gasteiger partial charge is 0.331 e. The molecule has 0 spiro atoms. The zero-order chi connectivity index (χ0) is 17.7. The zero-order valence-electron chi connectivity index (χ0n) is 14.6. The molecule has 1 heterocycles. The van der Waals surface area contributed by atoms with Gasteiger partial charge in [-0.3, -0.25) is 4.79 Å². The largest absolute Gasteiger partial charge is 0.454 e. The second-order valence-corrected chi connectivity index (χ2v) is 5.80. The first-order valence-corrected chi connectivity index (χ1v) is 8.03. The lowest BCUT2D eigenvalue weighted by Crippen LogP contribution is -2.13. The van der Waals surface area contributed by atoms with Crippen LogP contribution in [-0.4, -0.2) is 22.9 Å². The Hall–Kier alpha value is -2.62. The molecule has 0 fully saturated rings. The van der Waals surface area contributed by atoms with Gasteiger partial charge in [0.05, 0.1) is 0 Å². The summed E-state index contributed by atoms with van der Waals surface area (Å²) in [6.07, 6.45) is 3.02. The molecule has 0 saturated carbocycles. The lowest BCUT2D eigenvalue weighted by Gasteiger charge is -2.05. The van der Waals surface area contributed by atoms with E-state index in [0.717, 1.165) is 29.1 Å². The number of carbonyl (C=O) groups excluding carboxylic acids is 2. The van der Waals surface area contributed by atoms with E-state index in [1.807, 2.05) is 58.0 Å². The van der Waals surface area contributed by atoms with Crippen molar-refractivity contribution in [3.8, 4) is 0 Å². The van der Waals surface area contributed by atoms with Gasteiger partial charge in [0.25, 0.3) is 0 Å². The Morgan fingerprint density at radius 2 is 1.79 bits per heavy atom. The summed E-state index contributed by atoms with van der Waals surface area (Å²) in [5.74, 6) is -0.701. The van der Waals surface area contributed by atoms with Gasteiger partial charge in [-0.25, -0.2) is 4.79 Å². The van der Waals surface area contributed by atoms with Crippen molar-refractivity contribution in [1.82, 2.24) is 4.57 Å². The lowest BCUT2D eigenvalue weighted by atomic mass is 10.1. The molecule has 2 rings (SSSR count). The van der Waals surface area contributed by atoms with Crippen molar-refractivity contribution in [2.24, 2.45) is 0 Å². The highest BCUT2D eigenvalue weighted by Crippen LogP contribution is 2.15. The number of ether oxygens (including phenoxy) is 1. The second-order valence-electron chi connectivity index (χ2n) is 5.80. The molecule has 0 unspecified atom stereocenters. The van der Waals surface area contributed by atoms with Crippen LogP contribution < -0.4 is 0 Å². The third kappa shape index (κ3) is 4.22. The maximum atomic E-state index is 12.2. The number of rotatable bonds is 6. The van der Waals surface area contributed by atoms with Crippen molar-refractivity contribution in [2.45, 2.75) is 34.2 Å².